The van der Waals surface area contributed by atoms with Crippen molar-refractivity contribution in [3.63, 3.8) is 0 Å². The Morgan fingerprint density at radius 2 is 1.92 bits per heavy atom. The van der Waals surface area contributed by atoms with E-state index in [4.69, 9.17) is 4.42 Å². The molecule has 24 heavy (non-hydrogen) atoms. The average Bonchev–Trinajstić information content (AvgIpc) is 2.53. The van der Waals surface area contributed by atoms with Gasteiger partial charge in [-0.05, 0) is 64.7 Å². The van der Waals surface area contributed by atoms with Crippen LogP contribution in [0.25, 0.3) is 11.0 Å². The molecule has 0 aliphatic carbocycles. The van der Waals surface area contributed by atoms with E-state index in [-0.39, 0.29) is 12.5 Å². The molecular weight excluding hydrogens is 370 g/mol. The van der Waals surface area contributed by atoms with Crippen molar-refractivity contribution in [2.24, 2.45) is 0 Å². The van der Waals surface area contributed by atoms with E-state index in [9.17, 15) is 9.59 Å². The van der Waals surface area contributed by atoms with Crippen LogP contribution in [0.5, 0.6) is 0 Å². The molecule has 1 heterocycles. The minimum absolute atomic E-state index is 0.201. The van der Waals surface area contributed by atoms with Crippen molar-refractivity contribution in [1.82, 2.24) is 5.32 Å². The van der Waals surface area contributed by atoms with Crippen LogP contribution in [-0.4, -0.2) is 5.91 Å². The Bertz CT molecular complexity index is 992. The number of aryl methyl sites for hydroxylation is 2. The first-order chi connectivity index (χ1) is 11.5. The van der Waals surface area contributed by atoms with Gasteiger partial charge in [-0.1, -0.05) is 18.2 Å². The van der Waals surface area contributed by atoms with E-state index in [2.05, 4.69) is 21.2 Å². The number of fused-ring (bicyclic) bond motifs is 1. The highest BCUT2D eigenvalue weighted by atomic mass is 79.9. The summed E-state index contributed by atoms with van der Waals surface area (Å²) in [6.07, 6.45) is 0. The lowest BCUT2D eigenvalue weighted by Gasteiger charge is -2.10. The van der Waals surface area contributed by atoms with Gasteiger partial charge in [0.15, 0.2) is 0 Å². The first kappa shape index (κ1) is 16.5. The van der Waals surface area contributed by atoms with Crippen LogP contribution < -0.4 is 10.9 Å². The van der Waals surface area contributed by atoms with E-state index in [1.165, 1.54) is 6.07 Å². The van der Waals surface area contributed by atoms with Gasteiger partial charge in [0, 0.05) is 22.5 Å². The number of carbonyl (C=O) groups is 1. The molecule has 0 atom stereocenters. The number of amides is 1. The molecule has 0 aliphatic heterocycles. The molecular formula is C19H16BrNO3. The van der Waals surface area contributed by atoms with Gasteiger partial charge in [-0.25, -0.2) is 4.79 Å². The lowest BCUT2D eigenvalue weighted by molar-refractivity contribution is 0.0950. The molecule has 0 radical (unpaired) electrons. The molecule has 0 saturated carbocycles. The third-order valence-corrected chi connectivity index (χ3v) is 4.51. The minimum atomic E-state index is -0.417. The number of nitrogens with one attached hydrogen (secondary N) is 1. The summed E-state index contributed by atoms with van der Waals surface area (Å²) in [7, 11) is 0. The summed E-state index contributed by atoms with van der Waals surface area (Å²) in [5, 5.41) is 3.71. The zero-order valence-electron chi connectivity index (χ0n) is 13.4. The van der Waals surface area contributed by atoms with Gasteiger partial charge in [-0.2, -0.15) is 0 Å². The monoisotopic (exact) mass is 385 g/mol. The van der Waals surface area contributed by atoms with E-state index in [0.717, 1.165) is 26.5 Å². The summed E-state index contributed by atoms with van der Waals surface area (Å²) in [4.78, 5) is 24.2. The summed E-state index contributed by atoms with van der Waals surface area (Å²) in [5.74, 6) is -0.201. The molecule has 0 spiro atoms. The molecule has 0 unspecified atom stereocenters. The van der Waals surface area contributed by atoms with E-state index < -0.39 is 5.63 Å². The third-order valence-electron chi connectivity index (χ3n) is 3.82. The predicted molar refractivity (Wildman–Crippen MR) is 97.3 cm³/mol. The molecule has 1 amide bonds. The zero-order chi connectivity index (χ0) is 17.3. The maximum Gasteiger partial charge on any atom is 0.336 e. The molecule has 0 bridgehead atoms. The van der Waals surface area contributed by atoms with Crippen molar-refractivity contribution in [2.75, 3.05) is 0 Å². The Hall–Kier alpha value is -2.40. The highest BCUT2D eigenvalue weighted by Crippen LogP contribution is 2.23. The number of benzene rings is 2. The fraction of sp³-hybridized carbons (Fsp3) is 0.158. The van der Waals surface area contributed by atoms with Crippen LogP contribution in [0.4, 0.5) is 0 Å². The number of carbonyl (C=O) groups excluding carboxylic acids is 1. The molecule has 3 aromatic rings. The van der Waals surface area contributed by atoms with Crippen LogP contribution in [0.15, 0.2) is 56.1 Å². The van der Waals surface area contributed by atoms with Gasteiger partial charge in [-0.15, -0.1) is 0 Å². The van der Waals surface area contributed by atoms with Crippen molar-refractivity contribution in [1.29, 1.82) is 0 Å². The minimum Gasteiger partial charge on any atom is -0.422 e. The predicted octanol–water partition coefficient (Wildman–Crippen LogP) is 4.10. The maximum atomic E-state index is 12.4. The molecule has 0 fully saturated rings. The second kappa shape index (κ2) is 6.61. The molecule has 0 aliphatic rings. The largest absolute Gasteiger partial charge is 0.422 e. The van der Waals surface area contributed by atoms with E-state index >= 15 is 0 Å². The van der Waals surface area contributed by atoms with Gasteiger partial charge < -0.3 is 9.73 Å². The van der Waals surface area contributed by atoms with Crippen molar-refractivity contribution >= 4 is 32.8 Å². The fourth-order valence-electron chi connectivity index (χ4n) is 2.74. The van der Waals surface area contributed by atoms with Crippen LogP contribution in [0.2, 0.25) is 0 Å². The Labute approximate surface area is 147 Å². The maximum absolute atomic E-state index is 12.4. The summed E-state index contributed by atoms with van der Waals surface area (Å²) in [6, 6.07) is 12.6. The van der Waals surface area contributed by atoms with Crippen LogP contribution in [0, 0.1) is 13.8 Å². The van der Waals surface area contributed by atoms with Crippen LogP contribution >= 0.6 is 15.9 Å². The first-order valence-corrected chi connectivity index (χ1v) is 8.31. The summed E-state index contributed by atoms with van der Waals surface area (Å²) >= 11 is 3.37. The molecule has 0 saturated heterocycles. The molecule has 122 valence electrons. The molecule has 2 aromatic carbocycles. The number of halogens is 1. The van der Waals surface area contributed by atoms with E-state index in [1.807, 2.05) is 38.1 Å². The average molecular weight is 386 g/mol. The SMILES string of the molecule is Cc1cc(C)c2oc(=O)cc(CNC(=O)c3ccccc3Br)c2c1. The topological polar surface area (TPSA) is 59.3 Å². The Kier molecular flexibility index (Phi) is 4.53. The Balaban J connectivity index is 1.95. The summed E-state index contributed by atoms with van der Waals surface area (Å²) < 4.78 is 6.05. The second-order valence-electron chi connectivity index (χ2n) is 5.71. The number of rotatable bonds is 3. The highest BCUT2D eigenvalue weighted by Gasteiger charge is 2.12. The van der Waals surface area contributed by atoms with Crippen LogP contribution in [0.3, 0.4) is 0 Å². The normalized spacial score (nSPS) is 10.8. The molecule has 4 nitrogen and oxygen atoms in total. The lowest BCUT2D eigenvalue weighted by atomic mass is 10.0. The summed E-state index contributed by atoms with van der Waals surface area (Å²) in [6.45, 7) is 4.15. The standard InChI is InChI=1S/C19H16BrNO3/c1-11-7-12(2)18-15(8-11)13(9-17(22)24-18)10-21-19(23)14-5-3-4-6-16(14)20/h3-9H,10H2,1-2H3,(H,21,23). The first-order valence-electron chi connectivity index (χ1n) is 7.52. The number of hydrogen-bond acceptors (Lipinski definition) is 3. The van der Waals surface area contributed by atoms with Gasteiger partial charge in [0.1, 0.15) is 5.58 Å². The molecule has 5 heteroatoms. The quantitative estimate of drug-likeness (QED) is 0.690. The summed E-state index contributed by atoms with van der Waals surface area (Å²) in [5.41, 5.74) is 3.43. The van der Waals surface area contributed by atoms with Crippen molar-refractivity contribution in [2.45, 2.75) is 20.4 Å². The highest BCUT2D eigenvalue weighted by molar-refractivity contribution is 9.10. The van der Waals surface area contributed by atoms with E-state index in [0.29, 0.717) is 11.1 Å². The van der Waals surface area contributed by atoms with Crippen molar-refractivity contribution in [3.05, 3.63) is 79.6 Å². The van der Waals surface area contributed by atoms with Gasteiger partial charge in [0.2, 0.25) is 0 Å². The molecule has 3 rings (SSSR count). The zero-order valence-corrected chi connectivity index (χ0v) is 14.9. The van der Waals surface area contributed by atoms with Crippen LogP contribution in [-0.2, 0) is 6.54 Å². The van der Waals surface area contributed by atoms with Crippen LogP contribution in [0.1, 0.15) is 27.0 Å². The number of hydrogen-bond donors (Lipinski definition) is 1. The third kappa shape index (κ3) is 3.26. The van der Waals surface area contributed by atoms with Crippen molar-refractivity contribution in [3.8, 4) is 0 Å². The van der Waals surface area contributed by atoms with Gasteiger partial charge in [-0.3, -0.25) is 4.79 Å². The van der Waals surface area contributed by atoms with Gasteiger partial charge in [0.05, 0.1) is 5.56 Å². The van der Waals surface area contributed by atoms with Gasteiger partial charge in [0.25, 0.3) is 5.91 Å². The lowest BCUT2D eigenvalue weighted by Crippen LogP contribution is -2.24. The fourth-order valence-corrected chi connectivity index (χ4v) is 3.21. The molecule has 1 aromatic heterocycles. The van der Waals surface area contributed by atoms with E-state index in [1.54, 1.807) is 12.1 Å². The Morgan fingerprint density at radius 1 is 1.17 bits per heavy atom. The van der Waals surface area contributed by atoms with Crippen molar-refractivity contribution < 1.29 is 9.21 Å². The molecule has 1 N–H and O–H groups in total. The Morgan fingerprint density at radius 3 is 2.67 bits per heavy atom. The van der Waals surface area contributed by atoms with Gasteiger partial charge >= 0.3 is 5.63 Å². The smallest absolute Gasteiger partial charge is 0.336 e. The second-order valence-corrected chi connectivity index (χ2v) is 6.57.